The van der Waals surface area contributed by atoms with E-state index in [1.807, 2.05) is 6.92 Å². The molecule has 2 aromatic heterocycles. The van der Waals surface area contributed by atoms with Crippen molar-refractivity contribution in [2.75, 3.05) is 11.4 Å². The van der Waals surface area contributed by atoms with Gasteiger partial charge in [0.1, 0.15) is 18.0 Å². The number of anilines is 2. The van der Waals surface area contributed by atoms with Gasteiger partial charge in [-0.2, -0.15) is 4.98 Å². The fourth-order valence-corrected chi connectivity index (χ4v) is 3.56. The molecule has 1 fully saturated rings. The molecular formula is C23H16F5N5. The number of hydrogen-bond acceptors (Lipinski definition) is 4. The van der Waals surface area contributed by atoms with Crippen molar-refractivity contribution in [3.63, 3.8) is 0 Å². The highest BCUT2D eigenvalue weighted by Gasteiger charge is 2.35. The lowest BCUT2D eigenvalue weighted by Crippen LogP contribution is -2.26. The monoisotopic (exact) mass is 457 g/mol. The van der Waals surface area contributed by atoms with Gasteiger partial charge in [-0.25, -0.2) is 22.0 Å². The van der Waals surface area contributed by atoms with Crippen LogP contribution in [0.4, 0.5) is 33.5 Å². The number of hydrogen-bond donors (Lipinski definition) is 0. The van der Waals surface area contributed by atoms with E-state index < -0.39 is 30.4 Å². The van der Waals surface area contributed by atoms with Gasteiger partial charge in [-0.1, -0.05) is 11.8 Å². The molecule has 0 aliphatic heterocycles. The topological polar surface area (TPSA) is 46.3 Å². The first-order valence-electron chi connectivity index (χ1n) is 10.1. The van der Waals surface area contributed by atoms with Crippen molar-refractivity contribution >= 4 is 28.2 Å². The molecule has 0 spiro atoms. The summed E-state index contributed by atoms with van der Waals surface area (Å²) >= 11 is 0. The van der Waals surface area contributed by atoms with Gasteiger partial charge >= 0.3 is 0 Å². The second kappa shape index (κ2) is 7.69. The Balaban J connectivity index is 1.74. The highest BCUT2D eigenvalue weighted by molar-refractivity contribution is 5.94. The minimum Gasteiger partial charge on any atom is -0.320 e. The summed E-state index contributed by atoms with van der Waals surface area (Å²) in [7, 11) is 0. The Morgan fingerprint density at radius 2 is 1.94 bits per heavy atom. The minimum atomic E-state index is -2.89. The van der Waals surface area contributed by atoms with Crippen molar-refractivity contribution in [2.24, 2.45) is 5.41 Å². The maximum atomic E-state index is 14.9. The Morgan fingerprint density at radius 3 is 2.67 bits per heavy atom. The van der Waals surface area contributed by atoms with Gasteiger partial charge in [0.05, 0.1) is 17.4 Å². The fourth-order valence-electron chi connectivity index (χ4n) is 3.56. The molecule has 1 aliphatic rings. The van der Waals surface area contributed by atoms with E-state index in [4.69, 9.17) is 0 Å². The molecule has 2 aromatic carbocycles. The third-order valence-electron chi connectivity index (χ3n) is 5.57. The quantitative estimate of drug-likeness (QED) is 0.310. The summed E-state index contributed by atoms with van der Waals surface area (Å²) in [4.78, 5) is 5.11. The normalized spacial score (nSPS) is 14.5. The maximum Gasteiger partial charge on any atom is 0.257 e. The minimum absolute atomic E-state index is 0.0131. The number of halogens is 5. The molecular weight excluding hydrogens is 441 g/mol. The molecule has 5 nitrogen and oxygen atoms in total. The average molecular weight is 457 g/mol. The number of benzene rings is 2. The SMILES string of the molecule is CC1(C#Cc2cc(F)cc(N(CC(F)F)c3nc4nncn4c4ccc(F)c(F)c34)c2)CC1. The second-order valence-corrected chi connectivity index (χ2v) is 8.20. The van der Waals surface area contributed by atoms with E-state index >= 15 is 0 Å². The van der Waals surface area contributed by atoms with Gasteiger partial charge in [-0.3, -0.25) is 4.40 Å². The molecule has 0 amide bonds. The van der Waals surface area contributed by atoms with Crippen molar-refractivity contribution in [1.29, 1.82) is 0 Å². The molecule has 168 valence electrons. The zero-order chi connectivity index (χ0) is 23.3. The predicted octanol–water partition coefficient (Wildman–Crippen LogP) is 5.25. The molecule has 33 heavy (non-hydrogen) atoms. The largest absolute Gasteiger partial charge is 0.320 e. The van der Waals surface area contributed by atoms with E-state index in [0.717, 1.165) is 29.9 Å². The zero-order valence-corrected chi connectivity index (χ0v) is 17.3. The number of fused-ring (bicyclic) bond motifs is 3. The van der Waals surface area contributed by atoms with Gasteiger partial charge in [0.15, 0.2) is 11.6 Å². The van der Waals surface area contributed by atoms with Crippen LogP contribution in [-0.4, -0.2) is 32.6 Å². The van der Waals surface area contributed by atoms with Crippen molar-refractivity contribution < 1.29 is 22.0 Å². The van der Waals surface area contributed by atoms with Crippen LogP contribution in [0.1, 0.15) is 25.3 Å². The highest BCUT2D eigenvalue weighted by atomic mass is 19.3. The van der Waals surface area contributed by atoms with E-state index in [0.29, 0.717) is 0 Å². The van der Waals surface area contributed by atoms with Crippen molar-refractivity contribution in [3.8, 4) is 11.8 Å². The van der Waals surface area contributed by atoms with E-state index in [1.54, 1.807) is 0 Å². The standard InChI is InChI=1S/C23H16F5N5/c1-23(6-7-23)5-4-13-8-14(24)10-15(9-13)32(11-18(26)27)21-19-17(3-2-16(25)20(19)28)33-12-29-31-22(33)30-21/h2-3,8-10,12,18H,6-7,11H2,1H3. The number of alkyl halides is 2. The van der Waals surface area contributed by atoms with E-state index in [-0.39, 0.29) is 39.2 Å². The fraction of sp³-hybridized carbons (Fsp3) is 0.261. The van der Waals surface area contributed by atoms with Gasteiger partial charge in [0, 0.05) is 16.7 Å². The molecule has 0 saturated heterocycles. The zero-order valence-electron chi connectivity index (χ0n) is 17.3. The van der Waals surface area contributed by atoms with E-state index in [1.165, 1.54) is 28.9 Å². The number of nitrogens with zero attached hydrogens (tertiary/aromatic N) is 5. The number of aromatic nitrogens is 4. The van der Waals surface area contributed by atoms with Gasteiger partial charge in [-0.15, -0.1) is 10.2 Å². The summed E-state index contributed by atoms with van der Waals surface area (Å²) in [5.74, 6) is 2.43. The van der Waals surface area contributed by atoms with Crippen molar-refractivity contribution in [3.05, 3.63) is 59.7 Å². The van der Waals surface area contributed by atoms with Gasteiger partial charge in [0.25, 0.3) is 12.2 Å². The third kappa shape index (κ3) is 3.95. The molecule has 0 bridgehead atoms. The molecule has 1 saturated carbocycles. The van der Waals surface area contributed by atoms with Crippen LogP contribution in [-0.2, 0) is 0 Å². The Hall–Kier alpha value is -3.74. The Kier molecular flexibility index (Phi) is 4.92. The lowest BCUT2D eigenvalue weighted by atomic mass is 10.1. The van der Waals surface area contributed by atoms with Crippen molar-refractivity contribution in [1.82, 2.24) is 19.6 Å². The molecule has 0 N–H and O–H groups in total. The van der Waals surface area contributed by atoms with Crippen LogP contribution in [0.5, 0.6) is 0 Å². The summed E-state index contributed by atoms with van der Waals surface area (Å²) in [5.41, 5.74) is 0.238. The summed E-state index contributed by atoms with van der Waals surface area (Å²) < 4.78 is 72.1. The van der Waals surface area contributed by atoms with Crippen molar-refractivity contribution in [2.45, 2.75) is 26.2 Å². The Bertz CT molecular complexity index is 1450. The second-order valence-electron chi connectivity index (χ2n) is 8.20. The molecule has 10 heteroatoms. The Labute approximate surface area is 184 Å². The predicted molar refractivity (Wildman–Crippen MR) is 112 cm³/mol. The lowest BCUT2D eigenvalue weighted by Gasteiger charge is -2.25. The first-order valence-corrected chi connectivity index (χ1v) is 10.1. The van der Waals surface area contributed by atoms with E-state index in [9.17, 15) is 22.0 Å². The molecule has 0 unspecified atom stereocenters. The van der Waals surface area contributed by atoms with Crippen LogP contribution in [0.3, 0.4) is 0 Å². The molecule has 0 radical (unpaired) electrons. The van der Waals surface area contributed by atoms with E-state index in [2.05, 4.69) is 27.0 Å². The van der Waals surface area contributed by atoms with Gasteiger partial charge in [-0.05, 0) is 50.1 Å². The Morgan fingerprint density at radius 1 is 1.15 bits per heavy atom. The smallest absolute Gasteiger partial charge is 0.257 e. The summed E-state index contributed by atoms with van der Waals surface area (Å²) in [6.45, 7) is 1.03. The van der Waals surface area contributed by atoms with Crippen LogP contribution in [0, 0.1) is 34.7 Å². The van der Waals surface area contributed by atoms with Gasteiger partial charge in [0.2, 0.25) is 0 Å². The maximum absolute atomic E-state index is 14.9. The van der Waals surface area contributed by atoms with Crippen LogP contribution < -0.4 is 4.90 Å². The van der Waals surface area contributed by atoms with Crippen LogP contribution in [0.15, 0.2) is 36.7 Å². The summed E-state index contributed by atoms with van der Waals surface area (Å²) in [6.07, 6.45) is 0.213. The van der Waals surface area contributed by atoms with Crippen LogP contribution in [0.25, 0.3) is 16.7 Å². The van der Waals surface area contributed by atoms with Gasteiger partial charge < -0.3 is 4.90 Å². The van der Waals surface area contributed by atoms with Crippen LogP contribution in [0.2, 0.25) is 0 Å². The molecule has 4 aromatic rings. The summed E-state index contributed by atoms with van der Waals surface area (Å²) in [5, 5.41) is 7.16. The third-order valence-corrected chi connectivity index (χ3v) is 5.57. The highest BCUT2D eigenvalue weighted by Crippen LogP contribution is 2.44. The first-order chi connectivity index (χ1) is 15.7. The summed E-state index contributed by atoms with van der Waals surface area (Å²) in [6, 6.07) is 5.81. The number of rotatable bonds is 4. The average Bonchev–Trinajstić information content (AvgIpc) is 3.31. The molecule has 2 heterocycles. The lowest BCUT2D eigenvalue weighted by molar-refractivity contribution is 0.158. The van der Waals surface area contributed by atoms with Crippen LogP contribution >= 0.6 is 0 Å². The molecule has 1 aliphatic carbocycles. The molecule has 0 atom stereocenters. The first kappa shape index (κ1) is 21.1. The molecule has 5 rings (SSSR count).